The number of carbonyl (C=O) groups is 2. The van der Waals surface area contributed by atoms with E-state index in [1.165, 1.54) is 19.2 Å². The van der Waals surface area contributed by atoms with Crippen molar-refractivity contribution in [3.05, 3.63) is 28.8 Å². The molecule has 0 fully saturated rings. The minimum absolute atomic E-state index is 0.130. The molecule has 156 valence electrons. The smallest absolute Gasteiger partial charge is 0.475 e. The molecule has 1 aromatic carbocycles. The van der Waals surface area contributed by atoms with E-state index in [4.69, 9.17) is 16.3 Å². The molecule has 28 heavy (non-hydrogen) atoms. The zero-order valence-electron chi connectivity index (χ0n) is 17.0. The average Bonchev–Trinajstić information content (AvgIpc) is 2.59. The Kier molecular flexibility index (Phi) is 9.79. The van der Waals surface area contributed by atoms with Crippen molar-refractivity contribution in [3.63, 3.8) is 0 Å². The average molecular weight is 413 g/mol. The largest absolute Gasteiger partial charge is 0.497 e. The van der Waals surface area contributed by atoms with Crippen molar-refractivity contribution in [2.45, 2.75) is 52.5 Å². The van der Waals surface area contributed by atoms with Crippen molar-refractivity contribution in [3.8, 4) is 5.75 Å². The van der Waals surface area contributed by atoms with Crippen LogP contribution in [0.15, 0.2) is 18.2 Å². The van der Waals surface area contributed by atoms with Crippen LogP contribution in [0, 0.1) is 11.8 Å². The summed E-state index contributed by atoms with van der Waals surface area (Å²) in [5.41, 5.74) is 0.227. The fourth-order valence-corrected chi connectivity index (χ4v) is 3.05. The first-order valence-corrected chi connectivity index (χ1v) is 9.73. The first-order chi connectivity index (χ1) is 13.0. The van der Waals surface area contributed by atoms with Gasteiger partial charge in [0.2, 0.25) is 5.91 Å². The molecule has 1 rings (SSSR count). The SMILES string of the molecule is COc1ccc(C(=O)N[C@H](CC(C)C)C(=O)N[C@H](CC(C)C)B(O)O)c(Cl)c1. The molecule has 0 radical (unpaired) electrons. The first kappa shape index (κ1) is 24.3. The zero-order chi connectivity index (χ0) is 21.4. The molecule has 0 spiro atoms. The third-order valence-electron chi connectivity index (χ3n) is 4.16. The molecule has 0 aliphatic carbocycles. The highest BCUT2D eigenvalue weighted by molar-refractivity contribution is 6.43. The first-order valence-electron chi connectivity index (χ1n) is 9.36. The molecule has 0 unspecified atom stereocenters. The van der Waals surface area contributed by atoms with Crippen molar-refractivity contribution >= 4 is 30.5 Å². The lowest BCUT2D eigenvalue weighted by Gasteiger charge is -2.25. The van der Waals surface area contributed by atoms with Crippen LogP contribution in [0.4, 0.5) is 0 Å². The van der Waals surface area contributed by atoms with Gasteiger partial charge >= 0.3 is 7.12 Å². The van der Waals surface area contributed by atoms with Gasteiger partial charge in [0.25, 0.3) is 5.91 Å². The Hall–Kier alpha value is -1.77. The van der Waals surface area contributed by atoms with Gasteiger partial charge in [0.1, 0.15) is 11.8 Å². The lowest BCUT2D eigenvalue weighted by Crippen LogP contribution is -2.54. The van der Waals surface area contributed by atoms with Crippen LogP contribution >= 0.6 is 11.6 Å². The van der Waals surface area contributed by atoms with Gasteiger partial charge in [0, 0.05) is 0 Å². The maximum absolute atomic E-state index is 12.7. The number of ether oxygens (including phenoxy) is 1. The third kappa shape index (κ3) is 7.69. The lowest BCUT2D eigenvalue weighted by atomic mass is 9.75. The fraction of sp³-hybridized carbons (Fsp3) is 0.579. The van der Waals surface area contributed by atoms with E-state index in [2.05, 4.69) is 10.6 Å². The minimum Gasteiger partial charge on any atom is -0.497 e. The Labute approximate surface area is 171 Å². The predicted octanol–water partition coefficient (Wildman–Crippen LogP) is 2.04. The molecule has 0 saturated heterocycles. The zero-order valence-corrected chi connectivity index (χ0v) is 17.8. The highest BCUT2D eigenvalue weighted by atomic mass is 35.5. The molecule has 1 aromatic rings. The van der Waals surface area contributed by atoms with Crippen molar-refractivity contribution in [1.82, 2.24) is 10.6 Å². The van der Waals surface area contributed by atoms with Crippen LogP contribution in [0.25, 0.3) is 0 Å². The highest BCUT2D eigenvalue weighted by Crippen LogP contribution is 2.22. The summed E-state index contributed by atoms with van der Waals surface area (Å²) in [7, 11) is -0.185. The van der Waals surface area contributed by atoms with Gasteiger partial charge in [-0.15, -0.1) is 0 Å². The summed E-state index contributed by atoms with van der Waals surface area (Å²) >= 11 is 6.15. The number of amides is 2. The summed E-state index contributed by atoms with van der Waals surface area (Å²) in [6.07, 6.45) is 0.789. The van der Waals surface area contributed by atoms with E-state index in [0.29, 0.717) is 18.6 Å². The number of carbonyl (C=O) groups excluding carboxylic acids is 2. The van der Waals surface area contributed by atoms with Crippen LogP contribution in [0.5, 0.6) is 5.75 Å². The van der Waals surface area contributed by atoms with E-state index in [1.807, 2.05) is 27.7 Å². The van der Waals surface area contributed by atoms with E-state index in [1.54, 1.807) is 6.07 Å². The molecular formula is C19H30BClN2O5. The number of halogens is 1. The van der Waals surface area contributed by atoms with Gasteiger partial charge in [0.15, 0.2) is 0 Å². The topological polar surface area (TPSA) is 108 Å². The Bertz CT molecular complexity index is 670. The van der Waals surface area contributed by atoms with E-state index in [0.717, 1.165) is 0 Å². The monoisotopic (exact) mass is 412 g/mol. The summed E-state index contributed by atoms with van der Waals surface area (Å²) in [5.74, 6) is -0.965. The van der Waals surface area contributed by atoms with Crippen LogP contribution in [-0.4, -0.2) is 48.1 Å². The van der Waals surface area contributed by atoms with Gasteiger partial charge in [-0.25, -0.2) is 0 Å². The molecular weight excluding hydrogens is 382 g/mol. The number of nitrogens with one attached hydrogen (secondary N) is 2. The maximum atomic E-state index is 12.7. The molecule has 0 heterocycles. The summed E-state index contributed by atoms with van der Waals surface area (Å²) in [6.45, 7) is 7.69. The number of benzene rings is 1. The minimum atomic E-state index is -1.68. The number of hydrogen-bond donors (Lipinski definition) is 4. The normalized spacial score (nSPS) is 13.2. The molecule has 4 N–H and O–H groups in total. The van der Waals surface area contributed by atoms with Crippen molar-refractivity contribution in [1.29, 1.82) is 0 Å². The summed E-state index contributed by atoms with van der Waals surface area (Å²) < 4.78 is 5.07. The van der Waals surface area contributed by atoms with Gasteiger partial charge in [-0.1, -0.05) is 39.3 Å². The maximum Gasteiger partial charge on any atom is 0.475 e. The van der Waals surface area contributed by atoms with Crippen LogP contribution < -0.4 is 15.4 Å². The molecule has 0 saturated carbocycles. The van der Waals surface area contributed by atoms with Crippen LogP contribution in [0.2, 0.25) is 5.02 Å². The Morgan fingerprint density at radius 2 is 1.71 bits per heavy atom. The summed E-state index contributed by atoms with van der Waals surface area (Å²) in [4.78, 5) is 25.4. The molecule has 0 aromatic heterocycles. The quantitative estimate of drug-likeness (QED) is 0.440. The summed E-state index contributed by atoms with van der Waals surface area (Å²) in [5, 5.41) is 24.6. The molecule has 7 nitrogen and oxygen atoms in total. The van der Waals surface area contributed by atoms with Crippen LogP contribution in [-0.2, 0) is 4.79 Å². The van der Waals surface area contributed by atoms with Crippen LogP contribution in [0.3, 0.4) is 0 Å². The van der Waals surface area contributed by atoms with Gasteiger partial charge in [-0.05, 0) is 42.9 Å². The Morgan fingerprint density at radius 3 is 2.18 bits per heavy atom. The standard InChI is InChI=1S/C19H30BClN2O5/c1-11(2)8-16(19(25)23-17(20(26)27)9-12(3)4)22-18(24)14-7-6-13(28-5)10-15(14)21/h6-7,10-12,16-17,26-27H,8-9H2,1-5H3,(H,22,24)(H,23,25)/t16-,17-/m1/s1. The van der Waals surface area contributed by atoms with Gasteiger partial charge < -0.3 is 25.4 Å². The fourth-order valence-electron chi connectivity index (χ4n) is 2.79. The number of methoxy groups -OCH3 is 1. The second-order valence-corrected chi connectivity index (χ2v) is 8.07. The molecule has 0 aliphatic heterocycles. The summed E-state index contributed by atoms with van der Waals surface area (Å²) in [6, 6.07) is 3.83. The predicted molar refractivity (Wildman–Crippen MR) is 110 cm³/mol. The lowest BCUT2D eigenvalue weighted by molar-refractivity contribution is -0.123. The number of hydrogen-bond acceptors (Lipinski definition) is 5. The second-order valence-electron chi connectivity index (χ2n) is 7.66. The Morgan fingerprint density at radius 1 is 1.11 bits per heavy atom. The van der Waals surface area contributed by atoms with Gasteiger partial charge in [-0.3, -0.25) is 9.59 Å². The molecule has 2 atom stereocenters. The van der Waals surface area contributed by atoms with E-state index in [9.17, 15) is 19.6 Å². The molecule has 0 aliphatic rings. The third-order valence-corrected chi connectivity index (χ3v) is 4.48. The van der Waals surface area contributed by atoms with E-state index >= 15 is 0 Å². The highest BCUT2D eigenvalue weighted by Gasteiger charge is 2.30. The van der Waals surface area contributed by atoms with Gasteiger partial charge in [0.05, 0.1) is 23.6 Å². The van der Waals surface area contributed by atoms with Gasteiger partial charge in [-0.2, -0.15) is 0 Å². The van der Waals surface area contributed by atoms with E-state index in [-0.39, 0.29) is 22.4 Å². The molecule has 0 bridgehead atoms. The molecule has 2 amide bonds. The van der Waals surface area contributed by atoms with Crippen LogP contribution in [0.1, 0.15) is 50.9 Å². The van der Waals surface area contributed by atoms with Crippen molar-refractivity contribution in [2.24, 2.45) is 11.8 Å². The van der Waals surface area contributed by atoms with Crippen molar-refractivity contribution in [2.75, 3.05) is 7.11 Å². The number of rotatable bonds is 10. The molecule has 9 heteroatoms. The van der Waals surface area contributed by atoms with E-state index < -0.39 is 30.9 Å². The Balaban J connectivity index is 2.95. The second kappa shape index (κ2) is 11.3. The van der Waals surface area contributed by atoms with Crippen molar-refractivity contribution < 1.29 is 24.4 Å².